The molecule has 2 aromatic carbocycles. The van der Waals surface area contributed by atoms with Crippen LogP contribution in [0.4, 0.5) is 4.39 Å². The van der Waals surface area contributed by atoms with E-state index in [-0.39, 0.29) is 27.4 Å². The van der Waals surface area contributed by atoms with Crippen molar-refractivity contribution in [3.05, 3.63) is 103 Å². The molecule has 0 radical (unpaired) electrons. The van der Waals surface area contributed by atoms with Gasteiger partial charge in [-0.25, -0.2) is 4.39 Å². The highest BCUT2D eigenvalue weighted by Crippen LogP contribution is 2.05. The Balaban J connectivity index is 2.34. The lowest BCUT2D eigenvalue weighted by molar-refractivity contribution is 0.624. The van der Waals surface area contributed by atoms with Gasteiger partial charge in [0.15, 0.2) is 0 Å². The number of hydrogen-bond donors (Lipinski definition) is 0. The molecule has 1 heterocycles. The number of hydrogen-bond acceptors (Lipinski definition) is 2. The van der Waals surface area contributed by atoms with Crippen LogP contribution in [0.25, 0.3) is 12.2 Å². The summed E-state index contributed by atoms with van der Waals surface area (Å²) in [4.78, 5) is 25.4. The highest BCUT2D eigenvalue weighted by atomic mass is 19.1. The van der Waals surface area contributed by atoms with Crippen molar-refractivity contribution in [1.29, 1.82) is 0 Å². The molecule has 126 valence electrons. The van der Waals surface area contributed by atoms with Crippen molar-refractivity contribution >= 4 is 12.2 Å². The molecule has 0 saturated carbocycles. The van der Waals surface area contributed by atoms with Gasteiger partial charge in [-0.3, -0.25) is 9.59 Å². The van der Waals surface area contributed by atoms with Crippen LogP contribution >= 0.6 is 0 Å². The van der Waals surface area contributed by atoms with Crippen LogP contribution in [0.15, 0.2) is 64.2 Å². The first kappa shape index (κ1) is 16.6. The highest BCUT2D eigenvalue weighted by Gasteiger charge is 2.06. The SMILES string of the molecule is Cn1c(=O)/c(=C/c2ccccc2F)n(C)c(=O)/c1=C/c1ccccc1. The third kappa shape index (κ3) is 3.21. The van der Waals surface area contributed by atoms with Crippen molar-refractivity contribution in [2.75, 3.05) is 0 Å². The third-order valence-electron chi connectivity index (χ3n) is 4.07. The molecule has 3 aromatic rings. The summed E-state index contributed by atoms with van der Waals surface area (Å²) in [5.74, 6) is -0.447. The van der Waals surface area contributed by atoms with E-state index >= 15 is 0 Å². The van der Waals surface area contributed by atoms with E-state index in [9.17, 15) is 14.0 Å². The van der Waals surface area contributed by atoms with Crippen molar-refractivity contribution in [3.8, 4) is 0 Å². The number of benzene rings is 2. The Morgan fingerprint density at radius 3 is 1.88 bits per heavy atom. The van der Waals surface area contributed by atoms with E-state index in [4.69, 9.17) is 0 Å². The van der Waals surface area contributed by atoms with Crippen LogP contribution in [0.3, 0.4) is 0 Å². The van der Waals surface area contributed by atoms with E-state index in [2.05, 4.69) is 0 Å². The minimum atomic E-state index is -0.447. The van der Waals surface area contributed by atoms with E-state index < -0.39 is 5.82 Å². The van der Waals surface area contributed by atoms with E-state index in [1.807, 2.05) is 30.3 Å². The molecule has 0 atom stereocenters. The van der Waals surface area contributed by atoms with Gasteiger partial charge in [-0.05, 0) is 23.8 Å². The van der Waals surface area contributed by atoms with Crippen LogP contribution < -0.4 is 21.8 Å². The van der Waals surface area contributed by atoms with Crippen LogP contribution in [-0.2, 0) is 14.1 Å². The highest BCUT2D eigenvalue weighted by molar-refractivity contribution is 5.50. The molecule has 3 rings (SSSR count). The predicted octanol–water partition coefficient (Wildman–Crippen LogP) is 0.881. The molecule has 0 aliphatic rings. The Kier molecular flexibility index (Phi) is 4.48. The molecule has 5 heteroatoms. The van der Waals surface area contributed by atoms with Gasteiger partial charge in [-0.15, -0.1) is 0 Å². The molecule has 0 aliphatic heterocycles. The molecule has 0 bridgehead atoms. The summed E-state index contributed by atoms with van der Waals surface area (Å²) in [5.41, 5.74) is 0.385. The Morgan fingerprint density at radius 1 is 0.760 bits per heavy atom. The molecule has 0 fully saturated rings. The lowest BCUT2D eigenvalue weighted by Crippen LogP contribution is -2.56. The number of aromatic nitrogens is 2. The average molecular weight is 336 g/mol. The van der Waals surface area contributed by atoms with Gasteiger partial charge in [0.25, 0.3) is 11.1 Å². The maximum atomic E-state index is 13.9. The largest absolute Gasteiger partial charge is 0.305 e. The fraction of sp³-hybridized carbons (Fsp3) is 0.100. The fourth-order valence-electron chi connectivity index (χ4n) is 2.61. The van der Waals surface area contributed by atoms with Gasteiger partial charge in [0, 0.05) is 19.7 Å². The zero-order valence-electron chi connectivity index (χ0n) is 13.9. The normalized spacial score (nSPS) is 12.6. The molecule has 0 N–H and O–H groups in total. The molecular weight excluding hydrogens is 319 g/mol. The minimum absolute atomic E-state index is 0.128. The molecule has 0 spiro atoms. The molecule has 0 unspecified atom stereocenters. The average Bonchev–Trinajstić information content (AvgIpc) is 2.63. The van der Waals surface area contributed by atoms with Gasteiger partial charge < -0.3 is 9.13 Å². The second-order valence-electron chi connectivity index (χ2n) is 5.72. The van der Waals surface area contributed by atoms with E-state index in [1.165, 1.54) is 35.4 Å². The first-order valence-electron chi connectivity index (χ1n) is 7.78. The van der Waals surface area contributed by atoms with Crippen molar-refractivity contribution in [3.63, 3.8) is 0 Å². The summed E-state index contributed by atoms with van der Waals surface area (Å²) in [6, 6.07) is 15.4. The molecule has 4 nitrogen and oxygen atoms in total. The molecule has 0 aliphatic carbocycles. The summed E-state index contributed by atoms with van der Waals surface area (Å²) in [7, 11) is 3.05. The number of halogens is 1. The first-order valence-corrected chi connectivity index (χ1v) is 7.78. The third-order valence-corrected chi connectivity index (χ3v) is 4.07. The van der Waals surface area contributed by atoms with Crippen molar-refractivity contribution in [2.45, 2.75) is 0 Å². The Morgan fingerprint density at radius 2 is 1.28 bits per heavy atom. The molecule has 0 saturated heterocycles. The Hall–Kier alpha value is -3.21. The summed E-state index contributed by atoms with van der Waals surface area (Å²) >= 11 is 0. The molecular formula is C20H17FN2O2. The smallest absolute Gasteiger partial charge is 0.274 e. The summed E-state index contributed by atoms with van der Waals surface area (Å²) in [5, 5.41) is 0.396. The van der Waals surface area contributed by atoms with E-state index in [0.717, 1.165) is 5.56 Å². The topological polar surface area (TPSA) is 44.0 Å². The summed E-state index contributed by atoms with van der Waals surface area (Å²) in [6.07, 6.45) is 3.06. The van der Waals surface area contributed by atoms with Crippen LogP contribution in [0, 0.1) is 5.82 Å². The second-order valence-corrected chi connectivity index (χ2v) is 5.72. The van der Waals surface area contributed by atoms with Crippen molar-refractivity contribution in [2.24, 2.45) is 14.1 Å². The zero-order valence-corrected chi connectivity index (χ0v) is 13.9. The Bertz CT molecular complexity index is 1160. The number of rotatable bonds is 2. The molecule has 25 heavy (non-hydrogen) atoms. The van der Waals surface area contributed by atoms with Gasteiger partial charge in [0.1, 0.15) is 16.5 Å². The van der Waals surface area contributed by atoms with Gasteiger partial charge in [-0.1, -0.05) is 48.5 Å². The van der Waals surface area contributed by atoms with Crippen molar-refractivity contribution < 1.29 is 4.39 Å². The quantitative estimate of drug-likeness (QED) is 0.697. The van der Waals surface area contributed by atoms with Gasteiger partial charge in [-0.2, -0.15) is 0 Å². The van der Waals surface area contributed by atoms with Crippen LogP contribution in [-0.4, -0.2) is 9.13 Å². The Labute approximate surface area is 143 Å². The maximum absolute atomic E-state index is 13.9. The lowest BCUT2D eigenvalue weighted by atomic mass is 10.2. The van der Waals surface area contributed by atoms with Crippen LogP contribution in [0.2, 0.25) is 0 Å². The second kappa shape index (κ2) is 6.73. The number of nitrogens with zero attached hydrogens (tertiary/aromatic N) is 2. The van der Waals surface area contributed by atoms with Crippen LogP contribution in [0.5, 0.6) is 0 Å². The summed E-state index contributed by atoms with van der Waals surface area (Å²) in [6.45, 7) is 0. The van der Waals surface area contributed by atoms with Crippen molar-refractivity contribution in [1.82, 2.24) is 9.13 Å². The summed E-state index contributed by atoms with van der Waals surface area (Å²) < 4.78 is 16.4. The maximum Gasteiger partial charge on any atom is 0.274 e. The molecule has 0 amide bonds. The standard InChI is InChI=1S/C20H17FN2O2/c1-22-17(12-14-8-4-3-5-9-14)19(24)23(2)18(20(22)25)13-15-10-6-7-11-16(15)21/h3-13H,1-2H3/b17-12-,18-13-. The van der Waals surface area contributed by atoms with Gasteiger partial charge >= 0.3 is 0 Å². The van der Waals surface area contributed by atoms with Gasteiger partial charge in [0.05, 0.1) is 0 Å². The van der Waals surface area contributed by atoms with E-state index in [0.29, 0.717) is 0 Å². The fourth-order valence-corrected chi connectivity index (χ4v) is 2.61. The van der Waals surface area contributed by atoms with E-state index in [1.54, 1.807) is 24.3 Å². The van der Waals surface area contributed by atoms with Crippen LogP contribution in [0.1, 0.15) is 11.1 Å². The first-order chi connectivity index (χ1) is 12.0. The monoisotopic (exact) mass is 336 g/mol. The van der Waals surface area contributed by atoms with Gasteiger partial charge in [0.2, 0.25) is 0 Å². The minimum Gasteiger partial charge on any atom is -0.305 e. The lowest BCUT2D eigenvalue weighted by Gasteiger charge is -2.05. The molecule has 1 aromatic heterocycles. The zero-order chi connectivity index (χ0) is 18.0. The predicted molar refractivity (Wildman–Crippen MR) is 96.2 cm³/mol.